The SMILES string of the molecule is COc1ccc(-c2csc(N/N=C(\C)c3c(O)cc(C)oc3=O)n2)cc1. The molecule has 0 spiro atoms. The maximum atomic E-state index is 11.9. The zero-order chi connectivity index (χ0) is 18.7. The summed E-state index contributed by atoms with van der Waals surface area (Å²) in [5.74, 6) is 0.945. The first kappa shape index (κ1) is 17.7. The molecule has 2 N–H and O–H groups in total. The number of aryl methyl sites for hydroxylation is 1. The molecule has 0 aliphatic heterocycles. The summed E-state index contributed by atoms with van der Waals surface area (Å²) >= 11 is 1.38. The minimum atomic E-state index is -0.636. The van der Waals surface area contributed by atoms with E-state index in [0.29, 0.717) is 16.6 Å². The number of methoxy groups -OCH3 is 1. The van der Waals surface area contributed by atoms with Crippen LogP contribution in [-0.2, 0) is 0 Å². The fourth-order valence-electron chi connectivity index (χ4n) is 2.34. The first-order valence-corrected chi connectivity index (χ1v) is 8.60. The Labute approximate surface area is 153 Å². The zero-order valence-electron chi connectivity index (χ0n) is 14.4. The monoisotopic (exact) mass is 371 g/mol. The average molecular weight is 371 g/mol. The number of hydrazone groups is 1. The van der Waals surface area contributed by atoms with Crippen LogP contribution in [0.15, 0.2) is 50.0 Å². The van der Waals surface area contributed by atoms with E-state index in [0.717, 1.165) is 17.0 Å². The molecule has 0 bridgehead atoms. The highest BCUT2D eigenvalue weighted by Crippen LogP contribution is 2.26. The number of nitrogens with one attached hydrogen (secondary N) is 1. The third kappa shape index (κ3) is 3.75. The lowest BCUT2D eigenvalue weighted by molar-refractivity contribution is 0.415. The van der Waals surface area contributed by atoms with Crippen LogP contribution in [0.5, 0.6) is 11.5 Å². The predicted molar refractivity (Wildman–Crippen MR) is 101 cm³/mol. The number of benzene rings is 1. The molecule has 0 fully saturated rings. The molecular formula is C18H17N3O4S. The summed E-state index contributed by atoms with van der Waals surface area (Å²) < 4.78 is 10.1. The second kappa shape index (κ2) is 7.40. The standard InChI is InChI=1S/C18H17N3O4S/c1-10-8-15(22)16(17(23)25-10)11(2)20-21-18-19-14(9-26-18)12-4-6-13(24-3)7-5-12/h4-9,22H,1-3H3,(H,19,21)/b20-11+. The number of nitrogens with zero attached hydrogens (tertiary/aromatic N) is 2. The Morgan fingerprint density at radius 1 is 1.35 bits per heavy atom. The fourth-order valence-corrected chi connectivity index (χ4v) is 3.00. The van der Waals surface area contributed by atoms with Gasteiger partial charge in [0.15, 0.2) is 0 Å². The summed E-state index contributed by atoms with van der Waals surface area (Å²) in [6, 6.07) is 8.94. The number of rotatable bonds is 5. The number of anilines is 1. The Morgan fingerprint density at radius 2 is 2.08 bits per heavy atom. The minimum absolute atomic E-state index is 0.0232. The highest BCUT2D eigenvalue weighted by Gasteiger charge is 2.13. The molecule has 8 heteroatoms. The largest absolute Gasteiger partial charge is 0.507 e. The van der Waals surface area contributed by atoms with Gasteiger partial charge in [-0.05, 0) is 38.1 Å². The van der Waals surface area contributed by atoms with E-state index >= 15 is 0 Å². The minimum Gasteiger partial charge on any atom is -0.507 e. The number of hydrogen-bond donors (Lipinski definition) is 2. The molecule has 0 aliphatic carbocycles. The van der Waals surface area contributed by atoms with Crippen LogP contribution in [-0.4, -0.2) is 22.9 Å². The Hall–Kier alpha value is -3.13. The van der Waals surface area contributed by atoms with Gasteiger partial charge in [-0.25, -0.2) is 9.78 Å². The van der Waals surface area contributed by atoms with Crippen molar-refractivity contribution in [3.8, 4) is 22.8 Å². The summed E-state index contributed by atoms with van der Waals surface area (Å²) in [5.41, 5.74) is 4.24. The van der Waals surface area contributed by atoms with E-state index in [-0.39, 0.29) is 11.3 Å². The van der Waals surface area contributed by atoms with Crippen molar-refractivity contribution < 1.29 is 14.3 Å². The van der Waals surface area contributed by atoms with Gasteiger partial charge in [0.2, 0.25) is 5.13 Å². The van der Waals surface area contributed by atoms with Gasteiger partial charge in [-0.15, -0.1) is 11.3 Å². The van der Waals surface area contributed by atoms with Crippen LogP contribution < -0.4 is 15.8 Å². The smallest absolute Gasteiger partial charge is 0.348 e. The Morgan fingerprint density at radius 3 is 2.73 bits per heavy atom. The van der Waals surface area contributed by atoms with Crippen LogP contribution in [0, 0.1) is 6.92 Å². The highest BCUT2D eigenvalue weighted by molar-refractivity contribution is 7.14. The van der Waals surface area contributed by atoms with E-state index in [1.165, 1.54) is 17.4 Å². The molecule has 1 aromatic carbocycles. The normalized spacial score (nSPS) is 11.4. The first-order valence-electron chi connectivity index (χ1n) is 7.72. The van der Waals surface area contributed by atoms with Crippen LogP contribution in [0.25, 0.3) is 11.3 Å². The van der Waals surface area contributed by atoms with Crippen molar-refractivity contribution >= 4 is 22.2 Å². The maximum absolute atomic E-state index is 11.9. The number of aromatic nitrogens is 1. The number of thiazole rings is 1. The summed E-state index contributed by atoms with van der Waals surface area (Å²) in [7, 11) is 1.62. The molecule has 0 saturated carbocycles. The van der Waals surface area contributed by atoms with Crippen molar-refractivity contribution in [3.63, 3.8) is 0 Å². The van der Waals surface area contributed by atoms with Gasteiger partial charge in [-0.3, -0.25) is 5.43 Å². The van der Waals surface area contributed by atoms with Crippen molar-refractivity contribution in [2.75, 3.05) is 12.5 Å². The van der Waals surface area contributed by atoms with E-state index in [9.17, 15) is 9.90 Å². The van der Waals surface area contributed by atoms with Gasteiger partial charge in [-0.1, -0.05) is 0 Å². The predicted octanol–water partition coefficient (Wildman–Crippen LogP) is 3.62. The molecule has 3 rings (SSSR count). The molecule has 3 aromatic rings. The van der Waals surface area contributed by atoms with Crippen LogP contribution in [0.2, 0.25) is 0 Å². The second-order valence-corrected chi connectivity index (χ2v) is 6.34. The Bertz CT molecular complexity index is 1010. The number of aromatic hydroxyl groups is 1. The average Bonchev–Trinajstić information content (AvgIpc) is 3.08. The van der Waals surface area contributed by atoms with Crippen LogP contribution in [0.3, 0.4) is 0 Å². The van der Waals surface area contributed by atoms with Gasteiger partial charge in [0.05, 0.1) is 18.5 Å². The molecule has 26 heavy (non-hydrogen) atoms. The first-order chi connectivity index (χ1) is 12.5. The van der Waals surface area contributed by atoms with Crippen molar-refractivity contribution in [1.82, 2.24) is 4.98 Å². The number of ether oxygens (including phenoxy) is 1. The lowest BCUT2D eigenvalue weighted by Crippen LogP contribution is -2.14. The summed E-state index contributed by atoms with van der Waals surface area (Å²) in [5, 5.41) is 16.5. The fraction of sp³-hybridized carbons (Fsp3) is 0.167. The van der Waals surface area contributed by atoms with E-state index in [1.54, 1.807) is 21.0 Å². The summed E-state index contributed by atoms with van der Waals surface area (Å²) in [6.07, 6.45) is 0. The molecule has 134 valence electrons. The van der Waals surface area contributed by atoms with E-state index in [4.69, 9.17) is 9.15 Å². The molecule has 0 radical (unpaired) electrons. The lowest BCUT2D eigenvalue weighted by Gasteiger charge is -2.03. The van der Waals surface area contributed by atoms with Gasteiger partial charge < -0.3 is 14.3 Å². The van der Waals surface area contributed by atoms with Gasteiger partial charge in [0.1, 0.15) is 22.8 Å². The molecule has 0 saturated heterocycles. The Balaban J connectivity index is 1.79. The summed E-state index contributed by atoms with van der Waals surface area (Å²) in [4.78, 5) is 16.4. The van der Waals surface area contributed by atoms with Crippen LogP contribution in [0.4, 0.5) is 5.13 Å². The topological polar surface area (TPSA) is 97.0 Å². The van der Waals surface area contributed by atoms with Gasteiger partial charge in [0, 0.05) is 17.0 Å². The van der Waals surface area contributed by atoms with Crippen molar-refractivity contribution in [2.45, 2.75) is 13.8 Å². The lowest BCUT2D eigenvalue weighted by atomic mass is 10.2. The third-order valence-corrected chi connectivity index (χ3v) is 4.37. The molecule has 2 heterocycles. The molecule has 2 aromatic heterocycles. The van der Waals surface area contributed by atoms with Gasteiger partial charge >= 0.3 is 5.63 Å². The third-order valence-electron chi connectivity index (χ3n) is 3.62. The van der Waals surface area contributed by atoms with Crippen molar-refractivity contribution in [2.24, 2.45) is 5.10 Å². The van der Waals surface area contributed by atoms with E-state index < -0.39 is 5.63 Å². The maximum Gasteiger partial charge on any atom is 0.348 e. The molecular weight excluding hydrogens is 354 g/mol. The van der Waals surface area contributed by atoms with Crippen molar-refractivity contribution in [1.29, 1.82) is 0 Å². The second-order valence-electron chi connectivity index (χ2n) is 5.48. The molecule has 0 unspecified atom stereocenters. The van der Waals surface area contributed by atoms with E-state index in [2.05, 4.69) is 15.5 Å². The van der Waals surface area contributed by atoms with Crippen LogP contribution >= 0.6 is 11.3 Å². The molecule has 7 nitrogen and oxygen atoms in total. The molecule has 0 amide bonds. The molecule has 0 atom stereocenters. The summed E-state index contributed by atoms with van der Waals surface area (Å²) in [6.45, 7) is 3.19. The molecule has 0 aliphatic rings. The quantitative estimate of drug-likeness (QED) is 0.525. The van der Waals surface area contributed by atoms with Crippen LogP contribution in [0.1, 0.15) is 18.2 Å². The van der Waals surface area contributed by atoms with E-state index in [1.807, 2.05) is 29.6 Å². The van der Waals surface area contributed by atoms with Crippen molar-refractivity contribution in [3.05, 3.63) is 57.5 Å². The Kier molecular flexibility index (Phi) is 5.04. The van der Waals surface area contributed by atoms with Gasteiger partial charge in [0.25, 0.3) is 0 Å². The number of hydrogen-bond acceptors (Lipinski definition) is 8. The van der Waals surface area contributed by atoms with Gasteiger partial charge in [-0.2, -0.15) is 5.10 Å². The highest BCUT2D eigenvalue weighted by atomic mass is 32.1. The zero-order valence-corrected chi connectivity index (χ0v) is 15.3.